The van der Waals surface area contributed by atoms with E-state index in [9.17, 15) is 9.18 Å². The predicted molar refractivity (Wildman–Crippen MR) is 78.9 cm³/mol. The molecule has 1 heterocycles. The predicted octanol–water partition coefficient (Wildman–Crippen LogP) is 2.94. The van der Waals surface area contributed by atoms with Gasteiger partial charge in [-0.05, 0) is 35.7 Å². The molecule has 1 aliphatic carbocycles. The Balaban J connectivity index is 1.64. The number of carbonyl (C=O) groups excluding carboxylic acids is 1. The minimum Gasteiger partial charge on any atom is -0.312 e. The van der Waals surface area contributed by atoms with E-state index in [1.807, 2.05) is 18.2 Å². The molecule has 0 amide bonds. The molecule has 3 unspecified atom stereocenters. The molecule has 2 aromatic rings. The van der Waals surface area contributed by atoms with Crippen LogP contribution in [0.3, 0.4) is 0 Å². The Hall–Kier alpha value is -2.00. The van der Waals surface area contributed by atoms with E-state index in [1.165, 1.54) is 17.7 Å². The van der Waals surface area contributed by atoms with E-state index in [0.29, 0.717) is 5.56 Å². The number of carbonyl (C=O) groups is 1. The molecule has 1 fully saturated rings. The summed E-state index contributed by atoms with van der Waals surface area (Å²) in [4.78, 5) is 12.6. The summed E-state index contributed by atoms with van der Waals surface area (Å²) >= 11 is 0. The molecule has 0 radical (unpaired) electrons. The Kier molecular flexibility index (Phi) is 2.89. The van der Waals surface area contributed by atoms with Gasteiger partial charge >= 0.3 is 0 Å². The van der Waals surface area contributed by atoms with Crippen LogP contribution in [0.25, 0.3) is 0 Å². The van der Waals surface area contributed by atoms with Gasteiger partial charge < -0.3 is 5.32 Å². The summed E-state index contributed by atoms with van der Waals surface area (Å²) in [6, 6.07) is 14.9. The Morgan fingerprint density at radius 3 is 2.76 bits per heavy atom. The van der Waals surface area contributed by atoms with E-state index in [1.54, 1.807) is 6.07 Å². The van der Waals surface area contributed by atoms with Crippen LogP contribution in [0.5, 0.6) is 0 Å². The molecule has 2 aliphatic rings. The fraction of sp³-hybridized carbons (Fsp3) is 0.278. The highest BCUT2D eigenvalue weighted by molar-refractivity contribution is 6.04. The molecule has 3 heteroatoms. The standard InChI is InChI=1S/C18H16FNO/c19-12-6-7-13-14(9-12)15-10-20-16(17(15)18(13)21)8-11-4-2-1-3-5-11/h1-7,9,15-17,20H,8,10H2. The number of benzene rings is 2. The zero-order valence-electron chi connectivity index (χ0n) is 11.6. The third-order valence-corrected chi connectivity index (χ3v) is 4.75. The van der Waals surface area contributed by atoms with Crippen molar-refractivity contribution in [1.82, 2.24) is 5.32 Å². The van der Waals surface area contributed by atoms with Crippen LogP contribution in [0.2, 0.25) is 0 Å². The molecular weight excluding hydrogens is 265 g/mol. The second-order valence-corrected chi connectivity index (χ2v) is 5.93. The SMILES string of the molecule is O=C1c2ccc(F)cc2C2CNC(Cc3ccccc3)C12. The monoisotopic (exact) mass is 281 g/mol. The maximum atomic E-state index is 13.5. The first-order valence-electron chi connectivity index (χ1n) is 7.35. The quantitative estimate of drug-likeness (QED) is 0.917. The number of rotatable bonds is 2. The van der Waals surface area contributed by atoms with E-state index in [4.69, 9.17) is 0 Å². The van der Waals surface area contributed by atoms with Crippen LogP contribution in [0.1, 0.15) is 27.4 Å². The average molecular weight is 281 g/mol. The highest BCUT2D eigenvalue weighted by Gasteiger charge is 2.47. The van der Waals surface area contributed by atoms with Gasteiger partial charge in [-0.25, -0.2) is 4.39 Å². The van der Waals surface area contributed by atoms with Crippen molar-refractivity contribution >= 4 is 5.78 Å². The summed E-state index contributed by atoms with van der Waals surface area (Å²) < 4.78 is 13.5. The van der Waals surface area contributed by atoms with Gasteiger partial charge in [-0.1, -0.05) is 30.3 Å². The smallest absolute Gasteiger partial charge is 0.168 e. The number of fused-ring (bicyclic) bond motifs is 3. The van der Waals surface area contributed by atoms with E-state index in [-0.39, 0.29) is 29.5 Å². The van der Waals surface area contributed by atoms with E-state index >= 15 is 0 Å². The Bertz CT molecular complexity index is 698. The molecule has 0 bridgehead atoms. The van der Waals surface area contributed by atoms with Crippen molar-refractivity contribution in [3.8, 4) is 0 Å². The molecule has 2 aromatic carbocycles. The number of Topliss-reactive ketones (excluding diaryl/α,β-unsaturated/α-hetero) is 1. The largest absolute Gasteiger partial charge is 0.312 e. The zero-order chi connectivity index (χ0) is 14.4. The minimum absolute atomic E-state index is 0.0537. The van der Waals surface area contributed by atoms with Gasteiger partial charge in [-0.3, -0.25) is 4.79 Å². The number of ketones is 1. The summed E-state index contributed by atoms with van der Waals surface area (Å²) in [7, 11) is 0. The summed E-state index contributed by atoms with van der Waals surface area (Å²) in [5.41, 5.74) is 2.82. The normalized spacial score (nSPS) is 26.7. The summed E-state index contributed by atoms with van der Waals surface area (Å²) in [6.45, 7) is 0.754. The van der Waals surface area contributed by atoms with Gasteiger partial charge in [0.05, 0.1) is 0 Å². The van der Waals surface area contributed by atoms with E-state index in [0.717, 1.165) is 18.5 Å². The third kappa shape index (κ3) is 2.00. The number of nitrogens with one attached hydrogen (secondary N) is 1. The molecule has 4 rings (SSSR count). The third-order valence-electron chi connectivity index (χ3n) is 4.75. The summed E-state index contributed by atoms with van der Waals surface area (Å²) in [6.07, 6.45) is 0.838. The second kappa shape index (κ2) is 4.78. The molecule has 21 heavy (non-hydrogen) atoms. The minimum atomic E-state index is -0.256. The van der Waals surface area contributed by atoms with Crippen LogP contribution in [-0.2, 0) is 6.42 Å². The van der Waals surface area contributed by atoms with Gasteiger partial charge in [-0.15, -0.1) is 0 Å². The van der Waals surface area contributed by atoms with Crippen molar-refractivity contribution in [3.05, 3.63) is 71.0 Å². The Morgan fingerprint density at radius 2 is 1.95 bits per heavy atom. The molecule has 0 saturated carbocycles. The first kappa shape index (κ1) is 12.7. The fourth-order valence-electron chi connectivity index (χ4n) is 3.79. The Morgan fingerprint density at radius 1 is 1.14 bits per heavy atom. The lowest BCUT2D eigenvalue weighted by molar-refractivity contribution is 0.0920. The van der Waals surface area contributed by atoms with Crippen molar-refractivity contribution in [2.24, 2.45) is 5.92 Å². The van der Waals surface area contributed by atoms with E-state index < -0.39 is 0 Å². The van der Waals surface area contributed by atoms with Crippen LogP contribution in [0, 0.1) is 11.7 Å². The van der Waals surface area contributed by atoms with Gasteiger partial charge in [0.25, 0.3) is 0 Å². The molecule has 1 aliphatic heterocycles. The van der Waals surface area contributed by atoms with Crippen LogP contribution >= 0.6 is 0 Å². The van der Waals surface area contributed by atoms with Crippen molar-refractivity contribution in [2.75, 3.05) is 6.54 Å². The first-order chi connectivity index (χ1) is 10.2. The van der Waals surface area contributed by atoms with Crippen LogP contribution in [0.4, 0.5) is 4.39 Å². The molecule has 1 N–H and O–H groups in total. The topological polar surface area (TPSA) is 29.1 Å². The molecular formula is C18H16FNO. The maximum absolute atomic E-state index is 13.5. The van der Waals surface area contributed by atoms with Crippen LogP contribution in [-0.4, -0.2) is 18.4 Å². The number of hydrogen-bond donors (Lipinski definition) is 1. The molecule has 2 nitrogen and oxygen atoms in total. The van der Waals surface area contributed by atoms with Gasteiger partial charge in [-0.2, -0.15) is 0 Å². The molecule has 0 spiro atoms. The lowest BCUT2D eigenvalue weighted by Gasteiger charge is -2.17. The highest BCUT2D eigenvalue weighted by atomic mass is 19.1. The van der Waals surface area contributed by atoms with Gasteiger partial charge in [0, 0.05) is 30.0 Å². The fourth-order valence-corrected chi connectivity index (χ4v) is 3.79. The molecule has 1 saturated heterocycles. The van der Waals surface area contributed by atoms with Gasteiger partial charge in [0.15, 0.2) is 5.78 Å². The Labute approximate surface area is 123 Å². The first-order valence-corrected chi connectivity index (χ1v) is 7.35. The van der Waals surface area contributed by atoms with E-state index in [2.05, 4.69) is 17.4 Å². The molecule has 106 valence electrons. The highest BCUT2D eigenvalue weighted by Crippen LogP contribution is 2.43. The van der Waals surface area contributed by atoms with Crippen LogP contribution in [0.15, 0.2) is 48.5 Å². The van der Waals surface area contributed by atoms with Gasteiger partial charge in [0.2, 0.25) is 0 Å². The maximum Gasteiger partial charge on any atom is 0.168 e. The van der Waals surface area contributed by atoms with Crippen molar-refractivity contribution in [2.45, 2.75) is 18.4 Å². The average Bonchev–Trinajstić information content (AvgIpc) is 3.01. The lowest BCUT2D eigenvalue weighted by atomic mass is 9.88. The molecule has 0 aromatic heterocycles. The van der Waals surface area contributed by atoms with Gasteiger partial charge in [0.1, 0.15) is 5.82 Å². The zero-order valence-corrected chi connectivity index (χ0v) is 11.6. The number of hydrogen-bond acceptors (Lipinski definition) is 2. The summed E-state index contributed by atoms with van der Waals surface area (Å²) in [5, 5.41) is 3.45. The van der Waals surface area contributed by atoms with Crippen LogP contribution < -0.4 is 5.32 Å². The molecule has 3 atom stereocenters. The van der Waals surface area contributed by atoms with Crippen molar-refractivity contribution in [3.63, 3.8) is 0 Å². The summed E-state index contributed by atoms with van der Waals surface area (Å²) in [5.74, 6) is -0.0199. The lowest BCUT2D eigenvalue weighted by Crippen LogP contribution is -2.32. The van der Waals surface area contributed by atoms with Crippen molar-refractivity contribution < 1.29 is 9.18 Å². The number of halogens is 1. The van der Waals surface area contributed by atoms with Crippen molar-refractivity contribution in [1.29, 1.82) is 0 Å². The second-order valence-electron chi connectivity index (χ2n) is 5.93.